The molecule has 1 heterocycles. The molecule has 0 aliphatic carbocycles. The number of benzene rings is 1. The van der Waals surface area contributed by atoms with E-state index in [9.17, 15) is 8.42 Å². The van der Waals surface area contributed by atoms with Gasteiger partial charge >= 0.3 is 0 Å². The van der Waals surface area contributed by atoms with Gasteiger partial charge in [-0.15, -0.1) is 0 Å². The van der Waals surface area contributed by atoms with E-state index in [0.717, 1.165) is 5.56 Å². The summed E-state index contributed by atoms with van der Waals surface area (Å²) in [5.41, 5.74) is 0.898. The van der Waals surface area contributed by atoms with E-state index in [1.807, 2.05) is 6.92 Å². The summed E-state index contributed by atoms with van der Waals surface area (Å²) in [5.74, 6) is 0.595. The molecular formula is C14H19N3O3S. The average molecular weight is 309 g/mol. The second-order valence-corrected chi connectivity index (χ2v) is 6.39. The first-order chi connectivity index (χ1) is 10.1. The van der Waals surface area contributed by atoms with Crippen LogP contribution in [0.4, 0.5) is 0 Å². The number of rotatable bonds is 7. The van der Waals surface area contributed by atoms with E-state index >= 15 is 0 Å². The second kappa shape index (κ2) is 6.84. The summed E-state index contributed by atoms with van der Waals surface area (Å²) in [6.07, 6.45) is 4.36. The lowest BCUT2D eigenvalue weighted by Crippen LogP contribution is -2.29. The van der Waals surface area contributed by atoms with E-state index in [1.165, 1.54) is 0 Å². The van der Waals surface area contributed by atoms with Crippen molar-refractivity contribution in [2.75, 3.05) is 6.61 Å². The topological polar surface area (TPSA) is 95.1 Å². The highest BCUT2D eigenvalue weighted by Gasteiger charge is 2.21. The molecule has 0 amide bonds. The highest BCUT2D eigenvalue weighted by Crippen LogP contribution is 2.17. The van der Waals surface area contributed by atoms with Gasteiger partial charge in [0, 0.05) is 19.0 Å². The van der Waals surface area contributed by atoms with Crippen LogP contribution in [0, 0.1) is 0 Å². The van der Waals surface area contributed by atoms with Gasteiger partial charge in [0.15, 0.2) is 0 Å². The highest BCUT2D eigenvalue weighted by atomic mass is 32.2. The van der Waals surface area contributed by atoms with Crippen molar-refractivity contribution in [1.29, 1.82) is 0 Å². The Morgan fingerprint density at radius 3 is 2.57 bits per heavy atom. The zero-order valence-electron chi connectivity index (χ0n) is 11.8. The van der Waals surface area contributed by atoms with E-state index in [4.69, 9.17) is 5.11 Å². The normalized spacial score (nSPS) is 13.2. The van der Waals surface area contributed by atoms with Crippen molar-refractivity contribution in [3.63, 3.8) is 0 Å². The van der Waals surface area contributed by atoms with E-state index in [-0.39, 0.29) is 17.5 Å². The Morgan fingerprint density at radius 2 is 2.05 bits per heavy atom. The smallest absolute Gasteiger partial charge is 0.241 e. The number of nitrogens with one attached hydrogen (secondary N) is 2. The lowest BCUT2D eigenvalue weighted by atomic mass is 10.2. The number of aliphatic hydroxyl groups excluding tert-OH is 1. The number of aliphatic hydroxyl groups is 1. The van der Waals surface area contributed by atoms with Gasteiger partial charge in [0.1, 0.15) is 5.82 Å². The molecule has 6 nitrogen and oxygen atoms in total. The third kappa shape index (κ3) is 3.90. The number of sulfonamides is 1. The van der Waals surface area contributed by atoms with Crippen molar-refractivity contribution in [2.45, 2.75) is 30.7 Å². The van der Waals surface area contributed by atoms with Gasteiger partial charge in [-0.1, -0.05) is 19.1 Å². The van der Waals surface area contributed by atoms with Gasteiger partial charge in [0.25, 0.3) is 0 Å². The van der Waals surface area contributed by atoms with Crippen LogP contribution < -0.4 is 4.72 Å². The standard InChI is InChI=1S/C14H19N3O3S/c1-2-13(14-15-8-9-16-14)17-21(19,20)12-5-3-11(4-6-12)7-10-18/h3-6,8-9,13,17-18H,2,7,10H2,1H3,(H,15,16). The minimum absolute atomic E-state index is 0.0424. The molecule has 0 radical (unpaired) electrons. The van der Waals surface area contributed by atoms with E-state index < -0.39 is 10.0 Å². The number of H-pyrrole nitrogens is 1. The number of aromatic nitrogens is 2. The zero-order valence-corrected chi connectivity index (χ0v) is 12.6. The van der Waals surface area contributed by atoms with Crippen LogP contribution in [0.15, 0.2) is 41.6 Å². The van der Waals surface area contributed by atoms with Crippen molar-refractivity contribution in [1.82, 2.24) is 14.7 Å². The number of imidazole rings is 1. The van der Waals surface area contributed by atoms with Crippen molar-refractivity contribution < 1.29 is 13.5 Å². The number of aromatic amines is 1. The van der Waals surface area contributed by atoms with Crippen molar-refractivity contribution in [3.8, 4) is 0 Å². The van der Waals surface area contributed by atoms with Crippen LogP contribution >= 0.6 is 0 Å². The maximum absolute atomic E-state index is 12.4. The minimum Gasteiger partial charge on any atom is -0.396 e. The molecule has 114 valence electrons. The Hall–Kier alpha value is -1.70. The molecule has 0 bridgehead atoms. The van der Waals surface area contributed by atoms with E-state index in [1.54, 1.807) is 36.7 Å². The third-order valence-corrected chi connectivity index (χ3v) is 4.68. The van der Waals surface area contributed by atoms with E-state index in [2.05, 4.69) is 14.7 Å². The van der Waals surface area contributed by atoms with Crippen LogP contribution in [0.2, 0.25) is 0 Å². The first-order valence-corrected chi connectivity index (χ1v) is 8.26. The molecule has 2 aromatic rings. The second-order valence-electron chi connectivity index (χ2n) is 4.67. The van der Waals surface area contributed by atoms with E-state index in [0.29, 0.717) is 18.7 Å². The molecule has 1 atom stereocenters. The fraction of sp³-hybridized carbons (Fsp3) is 0.357. The summed E-state index contributed by atoms with van der Waals surface area (Å²) in [5, 5.41) is 8.86. The molecule has 0 fully saturated rings. The Kier molecular flexibility index (Phi) is 5.11. The maximum atomic E-state index is 12.4. The van der Waals surface area contributed by atoms with Gasteiger partial charge < -0.3 is 10.1 Å². The summed E-state index contributed by atoms with van der Waals surface area (Å²) in [7, 11) is -3.60. The summed E-state index contributed by atoms with van der Waals surface area (Å²) in [4.78, 5) is 7.22. The molecule has 1 aromatic heterocycles. The molecular weight excluding hydrogens is 290 g/mol. The summed E-state index contributed by atoms with van der Waals surface area (Å²) < 4.78 is 27.4. The molecule has 1 aromatic carbocycles. The molecule has 2 rings (SSSR count). The lowest BCUT2D eigenvalue weighted by Gasteiger charge is -2.15. The zero-order chi connectivity index (χ0) is 15.3. The number of hydrogen-bond donors (Lipinski definition) is 3. The van der Waals surface area contributed by atoms with Crippen molar-refractivity contribution >= 4 is 10.0 Å². The molecule has 0 saturated heterocycles. The van der Waals surface area contributed by atoms with Crippen molar-refractivity contribution in [2.24, 2.45) is 0 Å². The van der Waals surface area contributed by atoms with Crippen LogP contribution in [-0.4, -0.2) is 30.1 Å². The predicted molar refractivity (Wildman–Crippen MR) is 79.2 cm³/mol. The summed E-state index contributed by atoms with van der Waals surface area (Å²) in [6.45, 7) is 1.93. The molecule has 7 heteroatoms. The largest absolute Gasteiger partial charge is 0.396 e. The van der Waals surface area contributed by atoms with Gasteiger partial charge in [-0.3, -0.25) is 0 Å². The molecule has 0 aliphatic heterocycles. The Labute approximate surface area is 124 Å². The highest BCUT2D eigenvalue weighted by molar-refractivity contribution is 7.89. The molecule has 3 N–H and O–H groups in total. The molecule has 0 aliphatic rings. The lowest BCUT2D eigenvalue weighted by molar-refractivity contribution is 0.299. The third-order valence-electron chi connectivity index (χ3n) is 3.19. The molecule has 21 heavy (non-hydrogen) atoms. The first kappa shape index (κ1) is 15.7. The van der Waals surface area contributed by atoms with Gasteiger partial charge in [0.2, 0.25) is 10.0 Å². The van der Waals surface area contributed by atoms with Gasteiger partial charge in [-0.25, -0.2) is 18.1 Å². The number of hydrogen-bond acceptors (Lipinski definition) is 4. The monoisotopic (exact) mass is 309 g/mol. The average Bonchev–Trinajstić information content (AvgIpc) is 3.00. The van der Waals surface area contributed by atoms with Crippen LogP contribution in [-0.2, 0) is 16.4 Å². The predicted octanol–water partition coefficient (Wildman–Crippen LogP) is 1.37. The minimum atomic E-state index is -3.60. The molecule has 0 spiro atoms. The van der Waals surface area contributed by atoms with Crippen LogP contribution in [0.3, 0.4) is 0 Å². The Morgan fingerprint density at radius 1 is 1.33 bits per heavy atom. The maximum Gasteiger partial charge on any atom is 0.241 e. The Bertz CT molecular complexity index is 651. The first-order valence-electron chi connectivity index (χ1n) is 6.78. The fourth-order valence-corrected chi connectivity index (χ4v) is 3.30. The van der Waals surface area contributed by atoms with Crippen molar-refractivity contribution in [3.05, 3.63) is 48.0 Å². The molecule has 0 saturated carbocycles. The van der Waals surface area contributed by atoms with Crippen LogP contribution in [0.25, 0.3) is 0 Å². The number of nitrogens with zero attached hydrogens (tertiary/aromatic N) is 1. The quantitative estimate of drug-likeness (QED) is 0.720. The van der Waals surface area contributed by atoms with Gasteiger partial charge in [0.05, 0.1) is 10.9 Å². The summed E-state index contributed by atoms with van der Waals surface area (Å²) in [6, 6.07) is 6.11. The molecule has 1 unspecified atom stereocenters. The fourth-order valence-electron chi connectivity index (χ4n) is 2.02. The van der Waals surface area contributed by atoms with Crippen LogP contribution in [0.1, 0.15) is 30.8 Å². The Balaban J connectivity index is 2.17. The van der Waals surface area contributed by atoms with Crippen LogP contribution in [0.5, 0.6) is 0 Å². The van der Waals surface area contributed by atoms with Gasteiger partial charge in [-0.05, 0) is 30.5 Å². The SMILES string of the molecule is CCC(NS(=O)(=O)c1ccc(CCO)cc1)c1ncc[nH]1. The van der Waals surface area contributed by atoms with Gasteiger partial charge in [-0.2, -0.15) is 0 Å². The summed E-state index contributed by atoms with van der Waals surface area (Å²) >= 11 is 0.